The number of aromatic nitrogens is 3. The first-order valence-corrected chi connectivity index (χ1v) is 13.3. The SMILES string of the molecule is Cc1nnc(SCC(=O)NCc2ccc(S(=O)(=O)N3CCCC3)cc2)n1Cc1ccccc1. The summed E-state index contributed by atoms with van der Waals surface area (Å²) in [6.07, 6.45) is 1.81. The summed E-state index contributed by atoms with van der Waals surface area (Å²) in [6, 6.07) is 16.8. The van der Waals surface area contributed by atoms with Crippen LogP contribution in [0.5, 0.6) is 0 Å². The number of carbonyl (C=O) groups excluding carboxylic acids is 1. The Morgan fingerprint density at radius 1 is 1.00 bits per heavy atom. The Morgan fingerprint density at radius 3 is 2.39 bits per heavy atom. The monoisotopic (exact) mass is 485 g/mol. The third-order valence-electron chi connectivity index (χ3n) is 5.53. The summed E-state index contributed by atoms with van der Waals surface area (Å²) in [7, 11) is -3.42. The number of nitrogens with zero attached hydrogens (tertiary/aromatic N) is 4. The highest BCUT2D eigenvalue weighted by Crippen LogP contribution is 2.21. The minimum absolute atomic E-state index is 0.124. The van der Waals surface area contributed by atoms with Gasteiger partial charge in [-0.2, -0.15) is 4.31 Å². The molecule has 0 aliphatic carbocycles. The maximum Gasteiger partial charge on any atom is 0.243 e. The summed E-state index contributed by atoms with van der Waals surface area (Å²) >= 11 is 1.34. The third kappa shape index (κ3) is 5.82. The normalized spacial score (nSPS) is 14.5. The number of aryl methyl sites for hydroxylation is 1. The number of sulfonamides is 1. The van der Waals surface area contributed by atoms with Gasteiger partial charge in [-0.25, -0.2) is 8.42 Å². The highest BCUT2D eigenvalue weighted by Gasteiger charge is 2.26. The predicted octanol–water partition coefficient (Wildman–Crippen LogP) is 2.83. The number of benzene rings is 2. The number of hydrogen-bond acceptors (Lipinski definition) is 6. The fourth-order valence-corrected chi connectivity index (χ4v) is 5.99. The van der Waals surface area contributed by atoms with Gasteiger partial charge in [-0.05, 0) is 43.0 Å². The number of amides is 1. The topological polar surface area (TPSA) is 97.2 Å². The molecule has 1 fully saturated rings. The molecular formula is C23H27N5O3S2. The second kappa shape index (κ2) is 10.5. The van der Waals surface area contributed by atoms with E-state index in [9.17, 15) is 13.2 Å². The molecule has 0 bridgehead atoms. The number of nitrogens with one attached hydrogen (secondary N) is 1. The first-order chi connectivity index (χ1) is 15.9. The standard InChI is InChI=1S/C23H27N5O3S2/c1-18-25-26-23(28(18)16-20-7-3-2-4-8-20)32-17-22(29)24-15-19-9-11-21(12-10-19)33(30,31)27-13-5-6-14-27/h2-4,7-12H,5-6,13-17H2,1H3,(H,24,29). The van der Waals surface area contributed by atoms with Crippen LogP contribution < -0.4 is 5.32 Å². The van der Waals surface area contributed by atoms with E-state index < -0.39 is 10.0 Å². The fourth-order valence-electron chi connectivity index (χ4n) is 3.65. The molecule has 2 heterocycles. The van der Waals surface area contributed by atoms with Crippen molar-refractivity contribution < 1.29 is 13.2 Å². The zero-order valence-corrected chi connectivity index (χ0v) is 20.1. The molecule has 8 nitrogen and oxygen atoms in total. The van der Waals surface area contributed by atoms with Gasteiger partial charge in [0.1, 0.15) is 5.82 Å². The van der Waals surface area contributed by atoms with Gasteiger partial charge in [-0.3, -0.25) is 4.79 Å². The molecule has 3 aromatic rings. The van der Waals surface area contributed by atoms with Crippen LogP contribution in [-0.2, 0) is 27.9 Å². The molecule has 33 heavy (non-hydrogen) atoms. The minimum atomic E-state index is -3.42. The average molecular weight is 486 g/mol. The van der Waals surface area contributed by atoms with Gasteiger partial charge >= 0.3 is 0 Å². The highest BCUT2D eigenvalue weighted by molar-refractivity contribution is 7.99. The van der Waals surface area contributed by atoms with Crippen LogP contribution in [0.4, 0.5) is 0 Å². The summed E-state index contributed by atoms with van der Waals surface area (Å²) in [5, 5.41) is 11.9. The Bertz CT molecular complexity index is 1190. The molecule has 10 heteroatoms. The van der Waals surface area contributed by atoms with Gasteiger partial charge in [0.25, 0.3) is 0 Å². The minimum Gasteiger partial charge on any atom is -0.351 e. The molecular weight excluding hydrogens is 458 g/mol. The maximum absolute atomic E-state index is 12.6. The van der Waals surface area contributed by atoms with Crippen molar-refractivity contribution in [1.29, 1.82) is 0 Å². The Hall–Kier alpha value is -2.69. The molecule has 1 aromatic heterocycles. The van der Waals surface area contributed by atoms with Gasteiger partial charge in [0, 0.05) is 19.6 Å². The Morgan fingerprint density at radius 2 is 1.70 bits per heavy atom. The van der Waals surface area contributed by atoms with Crippen LogP contribution in [0.1, 0.15) is 29.8 Å². The van der Waals surface area contributed by atoms with Gasteiger partial charge in [-0.15, -0.1) is 10.2 Å². The van der Waals surface area contributed by atoms with E-state index in [0.717, 1.165) is 29.8 Å². The van der Waals surface area contributed by atoms with E-state index in [1.807, 2.05) is 41.8 Å². The molecule has 174 valence electrons. The molecule has 0 saturated carbocycles. The Labute approximate surface area is 198 Å². The molecule has 1 saturated heterocycles. The third-order valence-corrected chi connectivity index (χ3v) is 8.41. The fraction of sp³-hybridized carbons (Fsp3) is 0.348. The van der Waals surface area contributed by atoms with E-state index >= 15 is 0 Å². The van der Waals surface area contributed by atoms with Crippen molar-refractivity contribution in [3.8, 4) is 0 Å². The lowest BCUT2D eigenvalue weighted by molar-refractivity contribution is -0.118. The highest BCUT2D eigenvalue weighted by atomic mass is 32.2. The number of hydrogen-bond donors (Lipinski definition) is 1. The van der Waals surface area contributed by atoms with Crippen molar-refractivity contribution >= 4 is 27.7 Å². The zero-order chi connectivity index (χ0) is 23.3. The Kier molecular flexibility index (Phi) is 7.46. The second-order valence-electron chi connectivity index (χ2n) is 7.92. The van der Waals surface area contributed by atoms with Gasteiger partial charge in [-0.1, -0.05) is 54.2 Å². The maximum atomic E-state index is 12.6. The van der Waals surface area contributed by atoms with E-state index in [4.69, 9.17) is 0 Å². The molecule has 1 amide bonds. The molecule has 1 aliphatic rings. The number of thioether (sulfide) groups is 1. The average Bonchev–Trinajstić information content (AvgIpc) is 3.49. The van der Waals surface area contributed by atoms with Crippen LogP contribution in [0.2, 0.25) is 0 Å². The predicted molar refractivity (Wildman–Crippen MR) is 127 cm³/mol. The smallest absolute Gasteiger partial charge is 0.243 e. The zero-order valence-electron chi connectivity index (χ0n) is 18.5. The van der Waals surface area contributed by atoms with Crippen molar-refractivity contribution in [2.75, 3.05) is 18.8 Å². The van der Waals surface area contributed by atoms with Crippen molar-refractivity contribution in [2.45, 2.75) is 42.9 Å². The summed E-state index contributed by atoms with van der Waals surface area (Å²) < 4.78 is 28.8. The van der Waals surface area contributed by atoms with Crippen LogP contribution in [0, 0.1) is 6.92 Å². The summed E-state index contributed by atoms with van der Waals surface area (Å²) in [5.74, 6) is 0.889. The van der Waals surface area contributed by atoms with E-state index in [0.29, 0.717) is 36.2 Å². The molecule has 0 radical (unpaired) electrons. The first kappa shape index (κ1) is 23.5. The molecule has 1 aliphatic heterocycles. The largest absolute Gasteiger partial charge is 0.351 e. The van der Waals surface area contributed by atoms with Crippen molar-refractivity contribution in [1.82, 2.24) is 24.4 Å². The summed E-state index contributed by atoms with van der Waals surface area (Å²) in [5.41, 5.74) is 1.98. The molecule has 0 atom stereocenters. The quantitative estimate of drug-likeness (QED) is 0.468. The van der Waals surface area contributed by atoms with E-state index in [-0.39, 0.29) is 11.7 Å². The lowest BCUT2D eigenvalue weighted by Gasteiger charge is -2.15. The van der Waals surface area contributed by atoms with Crippen LogP contribution in [0.15, 0.2) is 64.6 Å². The molecule has 4 rings (SSSR count). The van der Waals surface area contributed by atoms with Crippen LogP contribution in [0.25, 0.3) is 0 Å². The summed E-state index contributed by atoms with van der Waals surface area (Å²) in [4.78, 5) is 12.7. The van der Waals surface area contributed by atoms with Gasteiger partial charge in [0.05, 0.1) is 17.2 Å². The van der Waals surface area contributed by atoms with Crippen molar-refractivity contribution in [3.05, 3.63) is 71.5 Å². The Balaban J connectivity index is 1.29. The van der Waals surface area contributed by atoms with E-state index in [2.05, 4.69) is 15.5 Å². The van der Waals surface area contributed by atoms with Crippen LogP contribution in [-0.4, -0.2) is 52.2 Å². The number of rotatable bonds is 9. The molecule has 0 unspecified atom stereocenters. The van der Waals surface area contributed by atoms with Gasteiger partial charge in [0.2, 0.25) is 15.9 Å². The van der Waals surface area contributed by atoms with Crippen LogP contribution in [0.3, 0.4) is 0 Å². The van der Waals surface area contributed by atoms with Gasteiger partial charge < -0.3 is 9.88 Å². The lowest BCUT2D eigenvalue weighted by Crippen LogP contribution is -2.28. The van der Waals surface area contributed by atoms with Crippen molar-refractivity contribution in [2.24, 2.45) is 0 Å². The first-order valence-electron chi connectivity index (χ1n) is 10.9. The van der Waals surface area contributed by atoms with Gasteiger partial charge in [0.15, 0.2) is 5.16 Å². The molecule has 2 aromatic carbocycles. The van der Waals surface area contributed by atoms with Crippen LogP contribution >= 0.6 is 11.8 Å². The molecule has 0 spiro atoms. The second-order valence-corrected chi connectivity index (χ2v) is 10.8. The molecule has 1 N–H and O–H groups in total. The number of carbonyl (C=O) groups is 1. The van der Waals surface area contributed by atoms with E-state index in [1.54, 1.807) is 24.3 Å². The lowest BCUT2D eigenvalue weighted by atomic mass is 10.2. The van der Waals surface area contributed by atoms with Crippen molar-refractivity contribution in [3.63, 3.8) is 0 Å². The summed E-state index contributed by atoms with van der Waals surface area (Å²) in [6.45, 7) is 4.04. The van der Waals surface area contributed by atoms with E-state index in [1.165, 1.54) is 16.1 Å².